The van der Waals surface area contributed by atoms with Gasteiger partial charge in [-0.3, -0.25) is 0 Å². The number of aromatic nitrogens is 2. The van der Waals surface area contributed by atoms with Crippen LogP contribution in [0.4, 0.5) is 0 Å². The van der Waals surface area contributed by atoms with Crippen LogP contribution in [0, 0.1) is 0 Å². The molecule has 0 aliphatic carbocycles. The number of nitrogens with zero attached hydrogens (tertiary/aromatic N) is 3. The van der Waals surface area contributed by atoms with E-state index in [0.717, 1.165) is 6.54 Å². The zero-order valence-electron chi connectivity index (χ0n) is 10.7. The molecule has 1 fully saturated rings. The Morgan fingerprint density at radius 3 is 3.06 bits per heavy atom. The molecular formula is C12H18ClN3OS. The van der Waals surface area contributed by atoms with Gasteiger partial charge in [-0.05, 0) is 32.7 Å². The van der Waals surface area contributed by atoms with E-state index in [-0.39, 0.29) is 0 Å². The van der Waals surface area contributed by atoms with Crippen molar-refractivity contribution in [2.45, 2.75) is 30.5 Å². The van der Waals surface area contributed by atoms with Crippen LogP contribution in [0.5, 0.6) is 5.88 Å². The highest BCUT2D eigenvalue weighted by Crippen LogP contribution is 2.20. The highest BCUT2D eigenvalue weighted by molar-refractivity contribution is 7.98. The number of rotatable bonds is 4. The Bertz CT molecular complexity index is 405. The fourth-order valence-electron chi connectivity index (χ4n) is 2.08. The number of hydrogen-bond donors (Lipinski definition) is 0. The molecule has 1 saturated heterocycles. The second-order valence-corrected chi connectivity index (χ2v) is 5.62. The maximum Gasteiger partial charge on any atom is 0.218 e. The molecule has 1 aromatic rings. The Morgan fingerprint density at radius 2 is 2.33 bits per heavy atom. The van der Waals surface area contributed by atoms with Crippen LogP contribution in [0.15, 0.2) is 11.2 Å². The third-order valence-electron chi connectivity index (χ3n) is 3.18. The molecule has 1 aliphatic rings. The van der Waals surface area contributed by atoms with E-state index in [0.29, 0.717) is 28.8 Å². The van der Waals surface area contributed by atoms with E-state index in [4.69, 9.17) is 16.3 Å². The lowest BCUT2D eigenvalue weighted by atomic mass is 10.0. The van der Waals surface area contributed by atoms with Gasteiger partial charge in [-0.25, -0.2) is 4.98 Å². The van der Waals surface area contributed by atoms with Gasteiger partial charge in [0.1, 0.15) is 11.8 Å². The summed E-state index contributed by atoms with van der Waals surface area (Å²) in [4.78, 5) is 10.7. The van der Waals surface area contributed by atoms with Gasteiger partial charge >= 0.3 is 0 Å². The van der Waals surface area contributed by atoms with Crippen molar-refractivity contribution in [3.8, 4) is 5.88 Å². The highest BCUT2D eigenvalue weighted by atomic mass is 35.5. The maximum atomic E-state index is 5.92. The first-order valence-electron chi connectivity index (χ1n) is 6.10. The second kappa shape index (κ2) is 6.59. The largest absolute Gasteiger partial charge is 0.476 e. The minimum atomic E-state index is 0.432. The van der Waals surface area contributed by atoms with E-state index in [1.54, 1.807) is 6.07 Å². The number of halogens is 1. The minimum absolute atomic E-state index is 0.432. The van der Waals surface area contributed by atoms with Gasteiger partial charge in [0.05, 0.1) is 0 Å². The first-order valence-corrected chi connectivity index (χ1v) is 7.71. The van der Waals surface area contributed by atoms with Gasteiger partial charge in [-0.2, -0.15) is 4.98 Å². The average Bonchev–Trinajstić information content (AvgIpc) is 2.37. The molecule has 0 spiro atoms. The molecule has 1 unspecified atom stereocenters. The smallest absolute Gasteiger partial charge is 0.218 e. The number of hydrogen-bond acceptors (Lipinski definition) is 5. The fraction of sp³-hybridized carbons (Fsp3) is 0.667. The fourth-order valence-corrected chi connectivity index (χ4v) is 2.67. The first-order chi connectivity index (χ1) is 8.69. The zero-order chi connectivity index (χ0) is 13.0. The Hall–Kier alpha value is -0.520. The summed E-state index contributed by atoms with van der Waals surface area (Å²) in [5, 5.41) is 1.08. The van der Waals surface area contributed by atoms with Crippen LogP contribution in [0.25, 0.3) is 0 Å². The molecule has 2 rings (SSSR count). The summed E-state index contributed by atoms with van der Waals surface area (Å²) < 4.78 is 5.75. The number of ether oxygens (including phenoxy) is 1. The minimum Gasteiger partial charge on any atom is -0.476 e. The lowest BCUT2D eigenvalue weighted by molar-refractivity contribution is 0.122. The highest BCUT2D eigenvalue weighted by Gasteiger charge is 2.19. The molecule has 0 N–H and O–H groups in total. The molecule has 0 aromatic carbocycles. The van der Waals surface area contributed by atoms with Gasteiger partial charge in [0.2, 0.25) is 5.88 Å². The van der Waals surface area contributed by atoms with Crippen molar-refractivity contribution in [2.24, 2.45) is 0 Å². The molecular weight excluding hydrogens is 270 g/mol. The summed E-state index contributed by atoms with van der Waals surface area (Å²) in [6, 6.07) is 2.15. The number of likely N-dealkylation sites (tertiary alicyclic amines) is 1. The molecule has 18 heavy (non-hydrogen) atoms. The van der Waals surface area contributed by atoms with Gasteiger partial charge in [-0.15, -0.1) is 0 Å². The first kappa shape index (κ1) is 13.9. The predicted molar refractivity (Wildman–Crippen MR) is 74.6 cm³/mol. The summed E-state index contributed by atoms with van der Waals surface area (Å²) in [5.74, 6) is 0.568. The molecule has 0 saturated carbocycles. The lowest BCUT2D eigenvalue weighted by Gasteiger charge is -2.31. The normalized spacial score (nSPS) is 20.9. The second-order valence-electron chi connectivity index (χ2n) is 4.46. The van der Waals surface area contributed by atoms with Gasteiger partial charge in [-0.1, -0.05) is 29.8 Å². The summed E-state index contributed by atoms with van der Waals surface area (Å²) in [6.45, 7) is 1.81. The van der Waals surface area contributed by atoms with Gasteiger partial charge < -0.3 is 9.64 Å². The Kier molecular flexibility index (Phi) is 5.09. The lowest BCUT2D eigenvalue weighted by Crippen LogP contribution is -2.40. The molecule has 6 heteroatoms. The van der Waals surface area contributed by atoms with Crippen LogP contribution in [0.2, 0.25) is 5.15 Å². The molecule has 100 valence electrons. The quantitative estimate of drug-likeness (QED) is 0.484. The number of thioether (sulfide) groups is 1. The summed E-state index contributed by atoms with van der Waals surface area (Å²) >= 11 is 7.39. The van der Waals surface area contributed by atoms with Crippen LogP contribution >= 0.6 is 23.4 Å². The molecule has 0 bridgehead atoms. The predicted octanol–water partition coefficient (Wildman–Crippen LogP) is 2.71. The van der Waals surface area contributed by atoms with Crippen molar-refractivity contribution < 1.29 is 4.74 Å². The topological polar surface area (TPSA) is 38.2 Å². The third-order valence-corrected chi connectivity index (χ3v) is 3.92. The van der Waals surface area contributed by atoms with E-state index in [9.17, 15) is 0 Å². The van der Waals surface area contributed by atoms with Crippen molar-refractivity contribution in [3.63, 3.8) is 0 Å². The summed E-state index contributed by atoms with van der Waals surface area (Å²) in [5.41, 5.74) is 0. The number of likely N-dealkylation sites (N-methyl/N-ethyl adjacent to an activating group) is 1. The van der Waals surface area contributed by atoms with Crippen LogP contribution in [0.1, 0.15) is 19.3 Å². The van der Waals surface area contributed by atoms with E-state index in [1.807, 2.05) is 6.26 Å². The third kappa shape index (κ3) is 3.73. The van der Waals surface area contributed by atoms with E-state index in [1.165, 1.54) is 31.0 Å². The monoisotopic (exact) mass is 287 g/mol. The molecule has 4 nitrogen and oxygen atoms in total. The summed E-state index contributed by atoms with van der Waals surface area (Å²) in [6.07, 6.45) is 5.66. The van der Waals surface area contributed by atoms with Gasteiger partial charge in [0.15, 0.2) is 5.16 Å². The molecule has 1 aromatic heterocycles. The zero-order valence-corrected chi connectivity index (χ0v) is 12.3. The van der Waals surface area contributed by atoms with Crippen molar-refractivity contribution >= 4 is 23.4 Å². The Labute approximate surface area is 117 Å². The maximum absolute atomic E-state index is 5.92. The summed E-state index contributed by atoms with van der Waals surface area (Å²) in [7, 11) is 2.15. The molecule has 0 amide bonds. The van der Waals surface area contributed by atoms with Crippen LogP contribution in [-0.2, 0) is 0 Å². The average molecular weight is 288 g/mol. The Balaban J connectivity index is 1.94. The van der Waals surface area contributed by atoms with Crippen molar-refractivity contribution in [1.82, 2.24) is 14.9 Å². The number of piperidine rings is 1. The van der Waals surface area contributed by atoms with Gasteiger partial charge in [0.25, 0.3) is 0 Å². The SMILES string of the molecule is CSc1nc(Cl)cc(OCC2CCCCN2C)n1. The molecule has 2 heterocycles. The van der Waals surface area contributed by atoms with Crippen LogP contribution in [-0.4, -0.2) is 47.4 Å². The standard InChI is InChI=1S/C12H18ClN3OS/c1-16-6-4-3-5-9(16)8-17-11-7-10(13)14-12(15-11)18-2/h7,9H,3-6,8H2,1-2H3. The van der Waals surface area contributed by atoms with Crippen LogP contribution < -0.4 is 4.74 Å². The molecule has 0 radical (unpaired) electrons. The molecule has 1 aliphatic heterocycles. The van der Waals surface area contributed by atoms with E-state index in [2.05, 4.69) is 21.9 Å². The van der Waals surface area contributed by atoms with Crippen molar-refractivity contribution in [3.05, 3.63) is 11.2 Å². The van der Waals surface area contributed by atoms with Gasteiger partial charge in [0, 0.05) is 12.1 Å². The van der Waals surface area contributed by atoms with E-state index < -0.39 is 0 Å². The molecule has 1 atom stereocenters. The van der Waals surface area contributed by atoms with Crippen molar-refractivity contribution in [2.75, 3.05) is 26.5 Å². The van der Waals surface area contributed by atoms with Crippen molar-refractivity contribution in [1.29, 1.82) is 0 Å². The van der Waals surface area contributed by atoms with E-state index >= 15 is 0 Å². The van der Waals surface area contributed by atoms with Crippen LogP contribution in [0.3, 0.4) is 0 Å². The Morgan fingerprint density at radius 1 is 1.50 bits per heavy atom.